The molecule has 5 rings (SSSR count). The first-order valence-electron chi connectivity index (χ1n) is 14.3. The summed E-state index contributed by atoms with van der Waals surface area (Å²) in [5.41, 5.74) is 4.68. The van der Waals surface area contributed by atoms with Crippen molar-refractivity contribution in [1.82, 2.24) is 15.5 Å². The number of hydrogen-bond acceptors (Lipinski definition) is 6. The Hall–Kier alpha value is -4.21. The smallest absolute Gasteiger partial charge is 0.407 e. The van der Waals surface area contributed by atoms with E-state index in [1.807, 2.05) is 54.6 Å². The SMILES string of the molecule is COC[C@H](NC(=O)OCC1c2ccccc2-c2ccccc21)C(=O)NC1(CC(=O)O)CCN(Cc2ccccc2)CC1. The zero-order valence-electron chi connectivity index (χ0n) is 23.8. The van der Waals surface area contributed by atoms with Crippen molar-refractivity contribution in [2.75, 3.05) is 33.4 Å². The maximum atomic E-state index is 13.4. The van der Waals surface area contributed by atoms with Crippen LogP contribution in [0.25, 0.3) is 11.1 Å². The van der Waals surface area contributed by atoms with Gasteiger partial charge in [-0.05, 0) is 40.7 Å². The van der Waals surface area contributed by atoms with Gasteiger partial charge in [-0.2, -0.15) is 0 Å². The highest BCUT2D eigenvalue weighted by molar-refractivity contribution is 5.87. The van der Waals surface area contributed by atoms with Crippen molar-refractivity contribution in [3.05, 3.63) is 95.6 Å². The van der Waals surface area contributed by atoms with Crippen molar-refractivity contribution in [1.29, 1.82) is 0 Å². The van der Waals surface area contributed by atoms with E-state index in [1.54, 1.807) is 0 Å². The van der Waals surface area contributed by atoms with Crippen LogP contribution in [0.15, 0.2) is 78.9 Å². The van der Waals surface area contributed by atoms with Gasteiger partial charge in [-0.25, -0.2) is 4.79 Å². The average Bonchev–Trinajstić information content (AvgIpc) is 3.31. The minimum absolute atomic E-state index is 0.0840. The van der Waals surface area contributed by atoms with Crippen LogP contribution >= 0.6 is 0 Å². The van der Waals surface area contributed by atoms with Gasteiger partial charge in [0, 0.05) is 32.7 Å². The number of carboxylic acid groups (broad SMARTS) is 1. The highest BCUT2D eigenvalue weighted by Gasteiger charge is 2.40. The zero-order valence-corrected chi connectivity index (χ0v) is 23.8. The van der Waals surface area contributed by atoms with Gasteiger partial charge in [-0.1, -0.05) is 78.9 Å². The van der Waals surface area contributed by atoms with Gasteiger partial charge in [0.25, 0.3) is 0 Å². The zero-order chi connectivity index (χ0) is 29.5. The lowest BCUT2D eigenvalue weighted by molar-refractivity contribution is -0.140. The molecule has 2 aliphatic rings. The molecule has 1 saturated heterocycles. The van der Waals surface area contributed by atoms with Crippen LogP contribution in [0.3, 0.4) is 0 Å². The molecule has 220 valence electrons. The summed E-state index contributed by atoms with van der Waals surface area (Å²) in [5.74, 6) is -1.60. The van der Waals surface area contributed by atoms with Gasteiger partial charge >= 0.3 is 12.1 Å². The summed E-state index contributed by atoms with van der Waals surface area (Å²) in [7, 11) is 1.44. The van der Waals surface area contributed by atoms with E-state index in [4.69, 9.17) is 9.47 Å². The number of hydrogen-bond donors (Lipinski definition) is 3. The molecule has 9 nitrogen and oxygen atoms in total. The summed E-state index contributed by atoms with van der Waals surface area (Å²) in [6.45, 7) is 2.06. The van der Waals surface area contributed by atoms with Crippen LogP contribution in [0, 0.1) is 0 Å². The predicted molar refractivity (Wildman–Crippen MR) is 158 cm³/mol. The molecule has 1 fully saturated rings. The number of amides is 2. The lowest BCUT2D eigenvalue weighted by atomic mass is 9.83. The Morgan fingerprint density at radius 2 is 1.52 bits per heavy atom. The molecule has 9 heteroatoms. The lowest BCUT2D eigenvalue weighted by Crippen LogP contribution is -2.60. The van der Waals surface area contributed by atoms with Crippen molar-refractivity contribution in [3.8, 4) is 11.1 Å². The minimum atomic E-state index is -1.04. The molecule has 0 radical (unpaired) electrons. The van der Waals surface area contributed by atoms with E-state index < -0.39 is 29.6 Å². The maximum Gasteiger partial charge on any atom is 0.407 e. The molecular weight excluding hydrogens is 534 g/mol. The topological polar surface area (TPSA) is 117 Å². The number of likely N-dealkylation sites (tertiary alicyclic amines) is 1. The van der Waals surface area contributed by atoms with Crippen molar-refractivity contribution in [2.24, 2.45) is 0 Å². The number of rotatable bonds is 11. The van der Waals surface area contributed by atoms with Gasteiger partial charge in [0.15, 0.2) is 0 Å². The van der Waals surface area contributed by atoms with E-state index >= 15 is 0 Å². The summed E-state index contributed by atoms with van der Waals surface area (Å²) in [6, 6.07) is 25.2. The molecule has 0 unspecified atom stereocenters. The Labute approximate surface area is 245 Å². The third kappa shape index (κ3) is 6.80. The Morgan fingerprint density at radius 1 is 0.929 bits per heavy atom. The molecule has 1 aliphatic carbocycles. The van der Waals surface area contributed by atoms with E-state index in [-0.39, 0.29) is 25.6 Å². The molecule has 42 heavy (non-hydrogen) atoms. The lowest BCUT2D eigenvalue weighted by Gasteiger charge is -2.42. The monoisotopic (exact) mass is 571 g/mol. The summed E-state index contributed by atoms with van der Waals surface area (Å²) in [4.78, 5) is 40.4. The average molecular weight is 572 g/mol. The van der Waals surface area contributed by atoms with Crippen LogP contribution in [0.1, 0.15) is 41.9 Å². The second kappa shape index (κ2) is 13.2. The van der Waals surface area contributed by atoms with Crippen molar-refractivity contribution in [2.45, 2.75) is 43.3 Å². The van der Waals surface area contributed by atoms with E-state index in [0.29, 0.717) is 25.9 Å². The number of methoxy groups -OCH3 is 1. The summed E-state index contributed by atoms with van der Waals surface area (Å²) < 4.78 is 10.9. The van der Waals surface area contributed by atoms with Crippen LogP contribution < -0.4 is 10.6 Å². The van der Waals surface area contributed by atoms with Crippen LogP contribution in [-0.2, 0) is 25.6 Å². The molecule has 0 aromatic heterocycles. The molecule has 3 N–H and O–H groups in total. The number of piperidine rings is 1. The Balaban J connectivity index is 1.20. The Bertz CT molecular complexity index is 1360. The van der Waals surface area contributed by atoms with Gasteiger partial charge in [0.1, 0.15) is 12.6 Å². The van der Waals surface area contributed by atoms with Crippen LogP contribution in [0.5, 0.6) is 0 Å². The molecule has 0 spiro atoms. The van der Waals surface area contributed by atoms with Gasteiger partial charge in [-0.3, -0.25) is 14.5 Å². The second-order valence-electron chi connectivity index (χ2n) is 11.1. The van der Waals surface area contributed by atoms with Gasteiger partial charge in [0.2, 0.25) is 5.91 Å². The molecule has 3 aromatic rings. The van der Waals surface area contributed by atoms with Crippen LogP contribution in [-0.4, -0.2) is 73.0 Å². The van der Waals surface area contributed by atoms with E-state index in [0.717, 1.165) is 28.8 Å². The van der Waals surface area contributed by atoms with E-state index in [2.05, 4.69) is 39.8 Å². The number of carbonyl (C=O) groups is 3. The molecule has 2 amide bonds. The van der Waals surface area contributed by atoms with Crippen molar-refractivity contribution < 1.29 is 29.0 Å². The summed E-state index contributed by atoms with van der Waals surface area (Å²) in [5, 5.41) is 15.3. The Morgan fingerprint density at radius 3 is 2.12 bits per heavy atom. The maximum absolute atomic E-state index is 13.4. The molecule has 0 saturated carbocycles. The number of aliphatic carboxylic acids is 1. The number of benzene rings is 3. The van der Waals surface area contributed by atoms with E-state index in [9.17, 15) is 19.5 Å². The molecule has 0 bridgehead atoms. The summed E-state index contributed by atoms with van der Waals surface area (Å²) in [6.07, 6.45) is 0.00664. The third-order valence-corrected chi connectivity index (χ3v) is 8.23. The van der Waals surface area contributed by atoms with Crippen LogP contribution in [0.2, 0.25) is 0 Å². The third-order valence-electron chi connectivity index (χ3n) is 8.23. The largest absolute Gasteiger partial charge is 0.481 e. The number of nitrogens with one attached hydrogen (secondary N) is 2. The number of fused-ring (bicyclic) bond motifs is 3. The highest BCUT2D eigenvalue weighted by Crippen LogP contribution is 2.44. The number of ether oxygens (including phenoxy) is 2. The van der Waals surface area contributed by atoms with Gasteiger partial charge in [0.05, 0.1) is 18.6 Å². The molecule has 1 atom stereocenters. The number of carbonyl (C=O) groups excluding carboxylic acids is 2. The normalized spacial score (nSPS) is 16.6. The molecule has 3 aromatic carbocycles. The van der Waals surface area contributed by atoms with E-state index in [1.165, 1.54) is 12.7 Å². The first-order valence-corrected chi connectivity index (χ1v) is 14.3. The molecular formula is C33H37N3O6. The van der Waals surface area contributed by atoms with Crippen molar-refractivity contribution in [3.63, 3.8) is 0 Å². The summed E-state index contributed by atoms with van der Waals surface area (Å²) >= 11 is 0. The van der Waals surface area contributed by atoms with Crippen LogP contribution in [0.4, 0.5) is 4.79 Å². The Kier molecular flexibility index (Phi) is 9.19. The standard InChI is InChI=1S/C33H37N3O6/c1-41-22-29(34-32(40)42-21-28-26-13-7-5-11-24(26)25-12-6-8-14-27(25)28)31(39)35-33(19-30(37)38)15-17-36(18-16-33)20-23-9-3-2-4-10-23/h2-14,28-29H,15-22H2,1H3,(H,34,40)(H,35,39)(H,37,38)/t29-/m0/s1. The first kappa shape index (κ1) is 29.3. The highest BCUT2D eigenvalue weighted by atomic mass is 16.5. The fourth-order valence-corrected chi connectivity index (χ4v) is 6.10. The minimum Gasteiger partial charge on any atom is -0.481 e. The quantitative estimate of drug-likeness (QED) is 0.316. The second-order valence-corrected chi connectivity index (χ2v) is 11.1. The predicted octanol–water partition coefficient (Wildman–Crippen LogP) is 4.17. The fraction of sp³-hybridized carbons (Fsp3) is 0.364. The number of alkyl carbamates (subject to hydrolysis) is 1. The molecule has 1 aliphatic heterocycles. The number of nitrogens with zero attached hydrogens (tertiary/aromatic N) is 1. The van der Waals surface area contributed by atoms with Crippen molar-refractivity contribution >= 4 is 18.0 Å². The number of carboxylic acids is 1. The first-order chi connectivity index (χ1) is 20.4. The fourth-order valence-electron chi connectivity index (χ4n) is 6.10. The molecule has 1 heterocycles. The van der Waals surface area contributed by atoms with Gasteiger partial charge < -0.3 is 25.2 Å². The van der Waals surface area contributed by atoms with Gasteiger partial charge in [-0.15, -0.1) is 0 Å².